The molecule has 0 aromatic heterocycles. The van der Waals surface area contributed by atoms with Gasteiger partial charge in [0.25, 0.3) is 0 Å². The maximum absolute atomic E-state index is 13.0. The van der Waals surface area contributed by atoms with Gasteiger partial charge in [-0.15, -0.1) is 0 Å². The molecule has 408 valence electrons. The number of phosphoric ester groups is 1. The summed E-state index contributed by atoms with van der Waals surface area (Å²) >= 11 is 0. The van der Waals surface area contributed by atoms with Crippen LogP contribution < -0.4 is 5.32 Å². The summed E-state index contributed by atoms with van der Waals surface area (Å²) < 4.78 is 23.8. The highest BCUT2D eigenvalue weighted by molar-refractivity contribution is 7.47. The molecule has 0 fully saturated rings. The summed E-state index contributed by atoms with van der Waals surface area (Å²) in [4.78, 5) is 23.3. The van der Waals surface area contributed by atoms with E-state index in [0.29, 0.717) is 23.9 Å². The van der Waals surface area contributed by atoms with E-state index in [9.17, 15) is 19.4 Å². The standard InChI is InChI=1S/C59H121N2O6P/c1-6-8-10-12-14-16-18-20-22-24-25-26-27-28-29-30-31-32-33-34-35-37-38-40-42-44-46-48-50-52-58(62)57(56-67-68(64,65)66-55-54-61(3,4)5)60-59(63)53-51-49-47-45-43-41-39-36-23-21-19-17-15-13-11-9-7-2/h57-58,62H,6-56H2,1-5H3,(H-,60,63,64,65)/p+1. The van der Waals surface area contributed by atoms with Gasteiger partial charge in [-0.2, -0.15) is 0 Å². The summed E-state index contributed by atoms with van der Waals surface area (Å²) in [5, 5.41) is 14.1. The summed E-state index contributed by atoms with van der Waals surface area (Å²) in [6.07, 6.45) is 61.7. The molecule has 0 saturated heterocycles. The van der Waals surface area contributed by atoms with Gasteiger partial charge in [-0.1, -0.05) is 303 Å². The second-order valence-corrected chi connectivity index (χ2v) is 23.9. The quantitative estimate of drug-likeness (QED) is 0.0319. The van der Waals surface area contributed by atoms with E-state index in [0.717, 1.165) is 38.5 Å². The van der Waals surface area contributed by atoms with Crippen LogP contribution in [-0.2, 0) is 18.4 Å². The molecule has 0 bridgehead atoms. The molecule has 3 unspecified atom stereocenters. The number of hydrogen-bond acceptors (Lipinski definition) is 5. The summed E-state index contributed by atoms with van der Waals surface area (Å²) in [6, 6.07) is -0.755. The lowest BCUT2D eigenvalue weighted by Crippen LogP contribution is -2.46. The van der Waals surface area contributed by atoms with Gasteiger partial charge in [-0.05, 0) is 12.8 Å². The number of rotatable bonds is 57. The minimum Gasteiger partial charge on any atom is -0.391 e. The van der Waals surface area contributed by atoms with Gasteiger partial charge in [0.2, 0.25) is 5.91 Å². The van der Waals surface area contributed by atoms with Gasteiger partial charge in [0, 0.05) is 6.42 Å². The molecule has 3 N–H and O–H groups in total. The fourth-order valence-corrected chi connectivity index (χ4v) is 10.3. The molecule has 0 aromatic rings. The largest absolute Gasteiger partial charge is 0.472 e. The number of nitrogens with one attached hydrogen (secondary N) is 1. The van der Waals surface area contributed by atoms with Crippen molar-refractivity contribution in [2.24, 2.45) is 0 Å². The third kappa shape index (κ3) is 53.3. The highest BCUT2D eigenvalue weighted by Gasteiger charge is 2.28. The summed E-state index contributed by atoms with van der Waals surface area (Å²) in [6.45, 7) is 4.95. The maximum Gasteiger partial charge on any atom is 0.472 e. The number of quaternary nitrogens is 1. The molecule has 0 radical (unpaired) electrons. The van der Waals surface area contributed by atoms with Gasteiger partial charge in [-0.3, -0.25) is 13.8 Å². The zero-order valence-electron chi connectivity index (χ0n) is 46.6. The molecule has 0 aliphatic rings. The normalized spacial score (nSPS) is 13.8. The number of carbonyl (C=O) groups excluding carboxylic acids is 1. The number of nitrogens with zero attached hydrogens (tertiary/aromatic N) is 1. The number of aliphatic hydroxyl groups is 1. The Balaban J connectivity index is 4.04. The van der Waals surface area contributed by atoms with E-state index < -0.39 is 20.0 Å². The Morgan fingerprint density at radius 1 is 0.441 bits per heavy atom. The molecule has 8 nitrogen and oxygen atoms in total. The van der Waals surface area contributed by atoms with E-state index in [4.69, 9.17) is 9.05 Å². The predicted molar refractivity (Wildman–Crippen MR) is 296 cm³/mol. The fraction of sp³-hybridized carbons (Fsp3) is 0.983. The van der Waals surface area contributed by atoms with Crippen LogP contribution in [0, 0.1) is 0 Å². The predicted octanol–water partition coefficient (Wildman–Crippen LogP) is 18.4. The fourth-order valence-electron chi connectivity index (χ4n) is 9.58. The molecule has 9 heteroatoms. The monoisotopic (exact) mass is 986 g/mol. The van der Waals surface area contributed by atoms with E-state index in [2.05, 4.69) is 19.2 Å². The first-order valence-corrected chi connectivity index (χ1v) is 31.9. The molecule has 0 aliphatic carbocycles. The Kier molecular flexibility index (Phi) is 51.0. The van der Waals surface area contributed by atoms with Gasteiger partial charge in [0.15, 0.2) is 0 Å². The van der Waals surface area contributed by atoms with Crippen molar-refractivity contribution < 1.29 is 32.9 Å². The van der Waals surface area contributed by atoms with Crippen molar-refractivity contribution in [3.8, 4) is 0 Å². The first-order chi connectivity index (χ1) is 33.0. The van der Waals surface area contributed by atoms with Crippen LogP contribution in [0.1, 0.15) is 322 Å². The van der Waals surface area contributed by atoms with Crippen molar-refractivity contribution in [1.29, 1.82) is 0 Å². The average Bonchev–Trinajstić information content (AvgIpc) is 3.30. The summed E-state index contributed by atoms with van der Waals surface area (Å²) in [5.41, 5.74) is 0. The van der Waals surface area contributed by atoms with E-state index in [1.807, 2.05) is 21.1 Å². The van der Waals surface area contributed by atoms with Crippen LogP contribution >= 0.6 is 7.82 Å². The highest BCUT2D eigenvalue weighted by atomic mass is 31.2. The summed E-state index contributed by atoms with van der Waals surface area (Å²) in [5.74, 6) is -0.136. The van der Waals surface area contributed by atoms with Gasteiger partial charge in [0.05, 0.1) is 39.9 Å². The van der Waals surface area contributed by atoms with Crippen molar-refractivity contribution in [3.05, 3.63) is 0 Å². The SMILES string of the molecule is CCCCCCCCCCCCCCCCCCCCCCCCCCCCCCCC(O)C(COP(=O)(O)OCC[N+](C)(C)C)NC(=O)CCCCCCCCCCCCCCCCCCC. The molecular weight excluding hydrogens is 864 g/mol. The van der Waals surface area contributed by atoms with Crippen molar-refractivity contribution in [3.63, 3.8) is 0 Å². The van der Waals surface area contributed by atoms with Gasteiger partial charge < -0.3 is 19.8 Å². The van der Waals surface area contributed by atoms with Gasteiger partial charge in [0.1, 0.15) is 13.2 Å². The van der Waals surface area contributed by atoms with Crippen LogP contribution in [0.15, 0.2) is 0 Å². The Bertz CT molecular complexity index is 1070. The van der Waals surface area contributed by atoms with Crippen LogP contribution in [0.4, 0.5) is 0 Å². The van der Waals surface area contributed by atoms with Gasteiger partial charge in [-0.25, -0.2) is 4.57 Å². The van der Waals surface area contributed by atoms with Crippen molar-refractivity contribution in [1.82, 2.24) is 5.32 Å². The summed E-state index contributed by atoms with van der Waals surface area (Å²) in [7, 11) is 1.64. The number of carbonyl (C=O) groups is 1. The molecule has 0 aromatic carbocycles. The van der Waals surface area contributed by atoms with Crippen LogP contribution in [0.2, 0.25) is 0 Å². The second kappa shape index (κ2) is 51.4. The first kappa shape index (κ1) is 67.5. The molecule has 0 heterocycles. The Hall–Kier alpha value is -0.500. The topological polar surface area (TPSA) is 105 Å². The molecule has 0 aliphatic heterocycles. The first-order valence-electron chi connectivity index (χ1n) is 30.4. The van der Waals surface area contributed by atoms with Crippen LogP contribution in [0.5, 0.6) is 0 Å². The lowest BCUT2D eigenvalue weighted by molar-refractivity contribution is -0.870. The van der Waals surface area contributed by atoms with E-state index in [1.165, 1.54) is 257 Å². The third-order valence-electron chi connectivity index (χ3n) is 14.4. The second-order valence-electron chi connectivity index (χ2n) is 22.4. The van der Waals surface area contributed by atoms with Crippen LogP contribution in [0.25, 0.3) is 0 Å². The molecule has 0 rings (SSSR count). The van der Waals surface area contributed by atoms with Crippen molar-refractivity contribution >= 4 is 13.7 Å². The zero-order chi connectivity index (χ0) is 49.9. The number of likely N-dealkylation sites (N-methyl/N-ethyl adjacent to an activating group) is 1. The Morgan fingerprint density at radius 2 is 0.706 bits per heavy atom. The van der Waals surface area contributed by atoms with Crippen LogP contribution in [0.3, 0.4) is 0 Å². The van der Waals surface area contributed by atoms with Gasteiger partial charge >= 0.3 is 7.82 Å². The van der Waals surface area contributed by atoms with Crippen molar-refractivity contribution in [2.75, 3.05) is 40.9 Å². The zero-order valence-corrected chi connectivity index (χ0v) is 47.5. The molecule has 3 atom stereocenters. The molecule has 68 heavy (non-hydrogen) atoms. The number of hydrogen-bond donors (Lipinski definition) is 3. The third-order valence-corrected chi connectivity index (χ3v) is 15.3. The van der Waals surface area contributed by atoms with Crippen LogP contribution in [-0.4, -0.2) is 73.4 Å². The van der Waals surface area contributed by atoms with E-state index >= 15 is 0 Å². The Morgan fingerprint density at radius 3 is 0.985 bits per heavy atom. The van der Waals surface area contributed by atoms with E-state index in [-0.39, 0.29) is 19.1 Å². The molecular formula is C59H122N2O6P+. The molecule has 1 amide bonds. The highest BCUT2D eigenvalue weighted by Crippen LogP contribution is 2.43. The van der Waals surface area contributed by atoms with E-state index in [1.54, 1.807) is 0 Å². The lowest BCUT2D eigenvalue weighted by atomic mass is 10.0. The number of unbranched alkanes of at least 4 members (excludes halogenated alkanes) is 44. The number of phosphoric acid groups is 1. The maximum atomic E-state index is 13.0. The number of amides is 1. The molecule has 0 spiro atoms. The minimum atomic E-state index is -4.32. The van der Waals surface area contributed by atoms with Crippen molar-refractivity contribution in [2.45, 2.75) is 334 Å². The Labute approximate surface area is 425 Å². The lowest BCUT2D eigenvalue weighted by Gasteiger charge is -2.26. The average molecular weight is 987 g/mol. The smallest absolute Gasteiger partial charge is 0.391 e. The molecule has 0 saturated carbocycles. The minimum absolute atomic E-state index is 0.0792. The number of aliphatic hydroxyl groups excluding tert-OH is 1.